The van der Waals surface area contributed by atoms with E-state index in [4.69, 9.17) is 4.74 Å². The third-order valence-corrected chi connectivity index (χ3v) is 8.32. The second-order valence-corrected chi connectivity index (χ2v) is 10.9. The molecule has 184 valence electrons. The molecule has 2 N–H and O–H groups in total. The molecule has 35 heavy (non-hydrogen) atoms. The van der Waals surface area contributed by atoms with Gasteiger partial charge in [-0.25, -0.2) is 8.42 Å². The van der Waals surface area contributed by atoms with E-state index in [1.807, 2.05) is 37.3 Å². The summed E-state index contributed by atoms with van der Waals surface area (Å²) in [5.74, 6) is 0.460. The van der Waals surface area contributed by atoms with Crippen molar-refractivity contribution < 1.29 is 17.9 Å². The summed E-state index contributed by atoms with van der Waals surface area (Å²) >= 11 is 0. The van der Waals surface area contributed by atoms with Gasteiger partial charge in [0.05, 0.1) is 10.9 Å². The predicted octanol–water partition coefficient (Wildman–Crippen LogP) is 5.92. The highest BCUT2D eigenvalue weighted by Gasteiger charge is 2.39. The Labute approximate surface area is 207 Å². The number of anilines is 1. The van der Waals surface area contributed by atoms with E-state index < -0.39 is 10.0 Å². The van der Waals surface area contributed by atoms with Gasteiger partial charge in [0.15, 0.2) is 0 Å². The topological polar surface area (TPSA) is 84.5 Å². The first-order chi connectivity index (χ1) is 16.7. The highest BCUT2D eigenvalue weighted by atomic mass is 32.2. The third-order valence-electron chi connectivity index (χ3n) is 6.80. The zero-order valence-electron chi connectivity index (χ0n) is 20.6. The standard InChI is InChI=1S/C28H32N2O4S/c1-5-28(6-2)18-24(23-12-7-8-13-25(23)34-28)29-27(31)21-15-14-20(4)26(17-21)35(32,33)30-22-11-9-10-19(3)16-22/h7-17,24,30H,5-6,18H2,1-4H3,(H,29,31)/t24-/m0/s1. The van der Waals surface area contributed by atoms with Crippen molar-refractivity contribution in [1.82, 2.24) is 5.32 Å². The smallest absolute Gasteiger partial charge is 0.262 e. The first-order valence-electron chi connectivity index (χ1n) is 12.0. The fourth-order valence-electron chi connectivity index (χ4n) is 4.62. The van der Waals surface area contributed by atoms with Crippen molar-refractivity contribution in [2.24, 2.45) is 0 Å². The van der Waals surface area contributed by atoms with E-state index in [1.54, 1.807) is 37.3 Å². The van der Waals surface area contributed by atoms with Gasteiger partial charge in [-0.15, -0.1) is 0 Å². The number of aryl methyl sites for hydroxylation is 2. The van der Waals surface area contributed by atoms with Gasteiger partial charge >= 0.3 is 0 Å². The van der Waals surface area contributed by atoms with Gasteiger partial charge in [0.25, 0.3) is 15.9 Å². The number of hydrogen-bond acceptors (Lipinski definition) is 4. The quantitative estimate of drug-likeness (QED) is 0.429. The summed E-state index contributed by atoms with van der Waals surface area (Å²) in [6.45, 7) is 7.80. The van der Waals surface area contributed by atoms with Gasteiger partial charge < -0.3 is 10.1 Å². The molecule has 6 nitrogen and oxygen atoms in total. The zero-order chi connectivity index (χ0) is 25.2. The van der Waals surface area contributed by atoms with Crippen LogP contribution >= 0.6 is 0 Å². The summed E-state index contributed by atoms with van der Waals surface area (Å²) in [7, 11) is -3.88. The van der Waals surface area contributed by atoms with Crippen LogP contribution in [0.4, 0.5) is 5.69 Å². The van der Waals surface area contributed by atoms with Crippen molar-refractivity contribution in [3.05, 3.63) is 89.0 Å². The van der Waals surface area contributed by atoms with Crippen LogP contribution in [0, 0.1) is 13.8 Å². The van der Waals surface area contributed by atoms with Crippen molar-refractivity contribution in [2.45, 2.75) is 63.5 Å². The maximum absolute atomic E-state index is 13.3. The van der Waals surface area contributed by atoms with Gasteiger partial charge in [0.2, 0.25) is 0 Å². The number of benzene rings is 3. The molecular formula is C28H32N2O4S. The lowest BCUT2D eigenvalue weighted by Gasteiger charge is -2.41. The number of hydrogen-bond donors (Lipinski definition) is 2. The highest BCUT2D eigenvalue weighted by molar-refractivity contribution is 7.92. The third kappa shape index (κ3) is 5.20. The molecule has 1 aliphatic rings. The molecule has 1 atom stereocenters. The molecule has 1 heterocycles. The highest BCUT2D eigenvalue weighted by Crippen LogP contribution is 2.42. The van der Waals surface area contributed by atoms with Crippen LogP contribution in [0.25, 0.3) is 0 Å². The van der Waals surface area contributed by atoms with E-state index in [2.05, 4.69) is 23.9 Å². The second kappa shape index (κ2) is 9.74. The molecule has 3 aromatic rings. The molecular weight excluding hydrogens is 460 g/mol. The number of rotatable bonds is 7. The molecule has 0 saturated heterocycles. The van der Waals surface area contributed by atoms with Gasteiger partial charge in [0, 0.05) is 23.2 Å². The Morgan fingerprint density at radius 2 is 1.74 bits per heavy atom. The Bertz CT molecular complexity index is 1350. The van der Waals surface area contributed by atoms with E-state index in [9.17, 15) is 13.2 Å². The molecule has 4 rings (SSSR count). The van der Waals surface area contributed by atoms with Crippen LogP contribution < -0.4 is 14.8 Å². The van der Waals surface area contributed by atoms with Gasteiger partial charge in [0.1, 0.15) is 11.4 Å². The zero-order valence-corrected chi connectivity index (χ0v) is 21.4. The van der Waals surface area contributed by atoms with Gasteiger partial charge in [-0.2, -0.15) is 0 Å². The van der Waals surface area contributed by atoms with E-state index in [1.165, 1.54) is 6.07 Å². The van der Waals surface area contributed by atoms with Crippen molar-refractivity contribution in [3.63, 3.8) is 0 Å². The molecule has 0 saturated carbocycles. The summed E-state index contributed by atoms with van der Waals surface area (Å²) in [5, 5.41) is 3.14. The minimum atomic E-state index is -3.88. The summed E-state index contributed by atoms with van der Waals surface area (Å²) in [5.41, 5.74) is 2.86. The van der Waals surface area contributed by atoms with E-state index in [0.29, 0.717) is 23.2 Å². The summed E-state index contributed by atoms with van der Waals surface area (Å²) in [6, 6.07) is 19.4. The predicted molar refractivity (Wildman–Crippen MR) is 138 cm³/mol. The van der Waals surface area contributed by atoms with Crippen molar-refractivity contribution in [2.75, 3.05) is 4.72 Å². The molecule has 0 spiro atoms. The van der Waals surface area contributed by atoms with Crippen LogP contribution in [0.5, 0.6) is 5.75 Å². The first kappa shape index (κ1) is 24.8. The summed E-state index contributed by atoms with van der Waals surface area (Å²) in [6.07, 6.45) is 2.29. The maximum Gasteiger partial charge on any atom is 0.262 e. The first-order valence-corrected chi connectivity index (χ1v) is 13.4. The molecule has 1 aliphatic heterocycles. The normalized spacial score (nSPS) is 16.6. The Morgan fingerprint density at radius 3 is 2.46 bits per heavy atom. The molecule has 0 aliphatic carbocycles. The Morgan fingerprint density at radius 1 is 1.00 bits per heavy atom. The van der Waals surface area contributed by atoms with E-state index in [0.717, 1.165) is 29.7 Å². The molecule has 0 fully saturated rings. The van der Waals surface area contributed by atoms with Gasteiger partial charge in [-0.3, -0.25) is 9.52 Å². The number of ether oxygens (including phenoxy) is 1. The lowest BCUT2D eigenvalue weighted by atomic mass is 9.83. The number of carbonyl (C=O) groups excluding carboxylic acids is 1. The van der Waals surface area contributed by atoms with Crippen LogP contribution in [0.15, 0.2) is 71.6 Å². The average Bonchev–Trinajstić information content (AvgIpc) is 2.83. The van der Waals surface area contributed by atoms with Crippen molar-refractivity contribution in [1.29, 1.82) is 0 Å². The SMILES string of the molecule is CCC1(CC)C[C@H](NC(=O)c2ccc(C)c(S(=O)(=O)Nc3cccc(C)c3)c2)c2ccccc2O1. The van der Waals surface area contributed by atoms with Gasteiger partial charge in [-0.05, 0) is 68.1 Å². The van der Waals surface area contributed by atoms with E-state index >= 15 is 0 Å². The number of sulfonamides is 1. The van der Waals surface area contributed by atoms with Crippen LogP contribution in [0.1, 0.15) is 66.2 Å². The monoisotopic (exact) mass is 492 g/mol. The van der Waals surface area contributed by atoms with Crippen molar-refractivity contribution >= 4 is 21.6 Å². The second-order valence-electron chi connectivity index (χ2n) is 9.22. The number of carbonyl (C=O) groups is 1. The Hall–Kier alpha value is -3.32. The fraction of sp³-hybridized carbons (Fsp3) is 0.321. The molecule has 3 aromatic carbocycles. The number of nitrogens with one attached hydrogen (secondary N) is 2. The molecule has 0 aromatic heterocycles. The van der Waals surface area contributed by atoms with Crippen LogP contribution in [-0.4, -0.2) is 19.9 Å². The molecule has 0 unspecified atom stereocenters. The molecule has 0 radical (unpaired) electrons. The maximum atomic E-state index is 13.3. The van der Waals surface area contributed by atoms with Gasteiger partial charge in [-0.1, -0.05) is 50.2 Å². The Kier molecular flexibility index (Phi) is 6.90. The summed E-state index contributed by atoms with van der Waals surface area (Å²) < 4.78 is 35.3. The van der Waals surface area contributed by atoms with Crippen LogP contribution in [-0.2, 0) is 10.0 Å². The summed E-state index contributed by atoms with van der Waals surface area (Å²) in [4.78, 5) is 13.4. The number of fused-ring (bicyclic) bond motifs is 1. The fourth-order valence-corrected chi connectivity index (χ4v) is 5.94. The molecule has 0 bridgehead atoms. The number of para-hydroxylation sites is 1. The number of amides is 1. The average molecular weight is 493 g/mol. The van der Waals surface area contributed by atoms with E-state index in [-0.39, 0.29) is 22.4 Å². The lowest BCUT2D eigenvalue weighted by Crippen LogP contribution is -2.44. The largest absolute Gasteiger partial charge is 0.487 e. The Balaban J connectivity index is 1.62. The van der Waals surface area contributed by atoms with Crippen LogP contribution in [0.2, 0.25) is 0 Å². The van der Waals surface area contributed by atoms with Crippen LogP contribution in [0.3, 0.4) is 0 Å². The molecule has 7 heteroatoms. The minimum absolute atomic E-state index is 0.0792. The minimum Gasteiger partial charge on any atom is -0.487 e. The molecule has 1 amide bonds. The lowest BCUT2D eigenvalue weighted by molar-refractivity contribution is 0.0227. The van der Waals surface area contributed by atoms with Crippen molar-refractivity contribution in [3.8, 4) is 5.75 Å².